The Morgan fingerprint density at radius 3 is 2.30 bits per heavy atom. The van der Waals surface area contributed by atoms with Gasteiger partial charge in [-0.2, -0.15) is 0 Å². The van der Waals surface area contributed by atoms with Crippen LogP contribution < -0.4 is 21.5 Å². The number of guanidine groups is 1. The molecule has 5 N–H and O–H groups in total. The third kappa shape index (κ3) is 5.64. The number of methoxy groups -OCH3 is 1. The van der Waals surface area contributed by atoms with E-state index in [-0.39, 0.29) is 36.5 Å². The lowest BCUT2D eigenvalue weighted by molar-refractivity contribution is -0.125. The smallest absolute Gasteiger partial charge is 0.224 e. The number of primary amides is 1. The van der Waals surface area contributed by atoms with Crippen LogP contribution in [0.25, 0.3) is 0 Å². The monoisotopic (exact) mass is 392 g/mol. The van der Waals surface area contributed by atoms with Crippen LogP contribution in [-0.2, 0) is 4.79 Å². The minimum Gasteiger partial charge on any atom is -0.497 e. The van der Waals surface area contributed by atoms with Gasteiger partial charge in [-0.15, -0.1) is 24.0 Å². The van der Waals surface area contributed by atoms with Crippen molar-refractivity contribution in [2.24, 2.45) is 21.9 Å². The van der Waals surface area contributed by atoms with Crippen LogP contribution in [0.5, 0.6) is 5.75 Å². The number of nitrogens with zero attached hydrogens (tertiary/aromatic N) is 1. The summed E-state index contributed by atoms with van der Waals surface area (Å²) in [6.07, 6.45) is 0. The summed E-state index contributed by atoms with van der Waals surface area (Å²) in [5.41, 5.74) is 11.1. The number of ether oxygens (including phenoxy) is 1. The van der Waals surface area contributed by atoms with E-state index < -0.39 is 11.3 Å². The average molecular weight is 392 g/mol. The van der Waals surface area contributed by atoms with Crippen molar-refractivity contribution in [2.75, 3.05) is 19.0 Å². The fourth-order valence-corrected chi connectivity index (χ4v) is 1.22. The molecule has 0 heterocycles. The van der Waals surface area contributed by atoms with Gasteiger partial charge in [0.2, 0.25) is 5.91 Å². The number of hydrogen-bond acceptors (Lipinski definition) is 3. The van der Waals surface area contributed by atoms with Crippen LogP contribution >= 0.6 is 24.0 Å². The summed E-state index contributed by atoms with van der Waals surface area (Å²) in [5, 5.41) is 2.92. The third-order valence-corrected chi connectivity index (χ3v) is 2.67. The van der Waals surface area contributed by atoms with Crippen LogP contribution in [0.15, 0.2) is 29.3 Å². The van der Waals surface area contributed by atoms with Crippen molar-refractivity contribution in [2.45, 2.75) is 13.8 Å². The van der Waals surface area contributed by atoms with Gasteiger partial charge < -0.3 is 21.5 Å². The van der Waals surface area contributed by atoms with Crippen LogP contribution in [0.4, 0.5) is 5.69 Å². The Hall–Kier alpha value is -1.51. The molecule has 112 valence electrons. The Balaban J connectivity index is 0.00000361. The lowest BCUT2D eigenvalue weighted by Gasteiger charge is -2.17. The molecular weight excluding hydrogens is 371 g/mol. The number of halogens is 1. The van der Waals surface area contributed by atoms with Gasteiger partial charge in [0.1, 0.15) is 5.75 Å². The van der Waals surface area contributed by atoms with E-state index in [0.29, 0.717) is 0 Å². The number of benzene rings is 1. The Bertz CT molecular complexity index is 472. The van der Waals surface area contributed by atoms with E-state index >= 15 is 0 Å². The quantitative estimate of drug-likeness (QED) is 0.402. The number of anilines is 1. The van der Waals surface area contributed by atoms with E-state index in [0.717, 1.165) is 11.4 Å². The number of amides is 1. The van der Waals surface area contributed by atoms with Crippen LogP contribution in [0.2, 0.25) is 0 Å². The summed E-state index contributed by atoms with van der Waals surface area (Å²) >= 11 is 0. The van der Waals surface area contributed by atoms with Gasteiger partial charge in [-0.3, -0.25) is 9.79 Å². The standard InChI is InChI=1S/C13H20N4O2.HI/c1-13(2,11(14)18)8-16-12(15)17-9-4-6-10(19-3)7-5-9;/h4-7H,8H2,1-3H3,(H2,14,18)(H3,15,16,17);1H. The van der Waals surface area contributed by atoms with Crippen molar-refractivity contribution in [3.8, 4) is 5.75 Å². The second-order valence-electron chi connectivity index (χ2n) is 4.80. The maximum atomic E-state index is 11.1. The summed E-state index contributed by atoms with van der Waals surface area (Å²) < 4.78 is 5.05. The highest BCUT2D eigenvalue weighted by molar-refractivity contribution is 14.0. The van der Waals surface area contributed by atoms with Crippen LogP contribution in [0.3, 0.4) is 0 Å². The normalized spacial score (nSPS) is 11.4. The minimum absolute atomic E-state index is 0. The number of rotatable bonds is 5. The molecule has 0 unspecified atom stereocenters. The zero-order valence-corrected chi connectivity index (χ0v) is 14.2. The van der Waals surface area contributed by atoms with Crippen molar-refractivity contribution in [3.05, 3.63) is 24.3 Å². The zero-order valence-electron chi connectivity index (χ0n) is 11.8. The fraction of sp³-hybridized carbons (Fsp3) is 0.385. The van der Waals surface area contributed by atoms with E-state index in [9.17, 15) is 4.79 Å². The molecule has 0 aliphatic carbocycles. The second-order valence-corrected chi connectivity index (χ2v) is 4.80. The Labute approximate surface area is 136 Å². The Morgan fingerprint density at radius 2 is 1.85 bits per heavy atom. The van der Waals surface area contributed by atoms with E-state index in [2.05, 4.69) is 10.3 Å². The number of nitrogens with two attached hydrogens (primary N) is 2. The Kier molecular flexibility index (Phi) is 7.33. The molecular formula is C13H21IN4O2. The first kappa shape index (κ1) is 18.5. The molecule has 0 fully saturated rings. The summed E-state index contributed by atoms with van der Waals surface area (Å²) in [7, 11) is 1.60. The first-order chi connectivity index (χ1) is 8.85. The molecule has 0 radical (unpaired) electrons. The maximum Gasteiger partial charge on any atom is 0.224 e. The van der Waals surface area contributed by atoms with Gasteiger partial charge in [0.15, 0.2) is 5.96 Å². The molecule has 6 nitrogen and oxygen atoms in total. The molecule has 0 aromatic heterocycles. The van der Waals surface area contributed by atoms with E-state index in [1.165, 1.54) is 0 Å². The SMILES string of the molecule is COc1ccc(NC(N)=NCC(C)(C)C(N)=O)cc1.I. The number of nitrogens with one attached hydrogen (secondary N) is 1. The predicted molar refractivity (Wildman–Crippen MR) is 91.5 cm³/mol. The van der Waals surface area contributed by atoms with Crippen molar-refractivity contribution in [1.82, 2.24) is 0 Å². The molecule has 0 saturated heterocycles. The number of hydrogen-bond donors (Lipinski definition) is 3. The van der Waals surface area contributed by atoms with Crippen LogP contribution in [0.1, 0.15) is 13.8 Å². The number of carbonyl (C=O) groups is 1. The van der Waals surface area contributed by atoms with Gasteiger partial charge in [-0.1, -0.05) is 0 Å². The Morgan fingerprint density at radius 1 is 1.30 bits per heavy atom. The molecule has 1 rings (SSSR count). The van der Waals surface area contributed by atoms with Crippen LogP contribution in [-0.4, -0.2) is 25.5 Å². The average Bonchev–Trinajstić information content (AvgIpc) is 2.37. The highest BCUT2D eigenvalue weighted by Gasteiger charge is 2.24. The first-order valence-electron chi connectivity index (χ1n) is 5.86. The largest absolute Gasteiger partial charge is 0.497 e. The van der Waals surface area contributed by atoms with Crippen molar-refractivity contribution < 1.29 is 9.53 Å². The van der Waals surface area contributed by atoms with E-state index in [4.69, 9.17) is 16.2 Å². The zero-order chi connectivity index (χ0) is 14.5. The van der Waals surface area contributed by atoms with Gasteiger partial charge in [0.05, 0.1) is 19.1 Å². The van der Waals surface area contributed by atoms with E-state index in [1.54, 1.807) is 21.0 Å². The molecule has 7 heteroatoms. The fourth-order valence-electron chi connectivity index (χ4n) is 1.22. The molecule has 0 atom stereocenters. The maximum absolute atomic E-state index is 11.1. The highest BCUT2D eigenvalue weighted by atomic mass is 127. The number of aliphatic imine (C=N–C) groups is 1. The molecule has 0 aliphatic heterocycles. The summed E-state index contributed by atoms with van der Waals surface area (Å²) in [4.78, 5) is 15.2. The van der Waals surface area contributed by atoms with Gasteiger partial charge in [-0.25, -0.2) is 0 Å². The van der Waals surface area contributed by atoms with E-state index in [1.807, 2.05) is 24.3 Å². The van der Waals surface area contributed by atoms with Gasteiger partial charge >= 0.3 is 0 Å². The van der Waals surface area contributed by atoms with Gasteiger partial charge in [0, 0.05) is 5.69 Å². The molecule has 1 aromatic rings. The molecule has 0 spiro atoms. The van der Waals surface area contributed by atoms with Crippen molar-refractivity contribution in [3.63, 3.8) is 0 Å². The predicted octanol–water partition coefficient (Wildman–Crippen LogP) is 1.55. The third-order valence-electron chi connectivity index (χ3n) is 2.67. The first-order valence-corrected chi connectivity index (χ1v) is 5.86. The van der Waals surface area contributed by atoms with Gasteiger partial charge in [0.25, 0.3) is 0 Å². The highest BCUT2D eigenvalue weighted by Crippen LogP contribution is 2.16. The molecule has 1 aromatic carbocycles. The topological polar surface area (TPSA) is 103 Å². The van der Waals surface area contributed by atoms with Crippen molar-refractivity contribution in [1.29, 1.82) is 0 Å². The molecule has 20 heavy (non-hydrogen) atoms. The number of carbonyl (C=O) groups excluding carboxylic acids is 1. The van der Waals surface area contributed by atoms with Crippen molar-refractivity contribution >= 4 is 41.5 Å². The second kappa shape index (κ2) is 7.93. The summed E-state index contributed by atoms with van der Waals surface area (Å²) in [6.45, 7) is 3.68. The lowest BCUT2D eigenvalue weighted by atomic mass is 9.93. The summed E-state index contributed by atoms with van der Waals surface area (Å²) in [5.74, 6) is 0.587. The summed E-state index contributed by atoms with van der Waals surface area (Å²) in [6, 6.07) is 7.26. The molecule has 0 saturated carbocycles. The van der Waals surface area contributed by atoms with Crippen LogP contribution in [0, 0.1) is 5.41 Å². The lowest BCUT2D eigenvalue weighted by Crippen LogP contribution is -2.35. The van der Waals surface area contributed by atoms with Gasteiger partial charge in [-0.05, 0) is 38.1 Å². The molecule has 0 bridgehead atoms. The molecule has 0 aliphatic rings. The minimum atomic E-state index is -0.716. The molecule has 1 amide bonds.